The van der Waals surface area contributed by atoms with Crippen molar-refractivity contribution in [2.75, 3.05) is 19.8 Å². The van der Waals surface area contributed by atoms with Gasteiger partial charge in [-0.1, -0.05) is 13.8 Å². The van der Waals surface area contributed by atoms with Gasteiger partial charge in [-0.25, -0.2) is 4.98 Å². The highest BCUT2D eigenvalue weighted by Crippen LogP contribution is 2.59. The number of aryl methyl sites for hydroxylation is 1. The summed E-state index contributed by atoms with van der Waals surface area (Å²) in [7, 11) is 1.51. The molecule has 2 aromatic heterocycles. The van der Waals surface area contributed by atoms with Crippen LogP contribution in [0.4, 0.5) is 13.2 Å². The number of nitrogens with zero attached hydrogens (tertiary/aromatic N) is 3. The summed E-state index contributed by atoms with van der Waals surface area (Å²) in [6.07, 6.45) is -2.27. The molecule has 1 aliphatic rings. The predicted octanol–water partition coefficient (Wildman–Crippen LogP) is 2.74. The number of ether oxygens (including phenoxy) is 1. The highest BCUT2D eigenvalue weighted by atomic mass is 19.4. The van der Waals surface area contributed by atoms with Crippen molar-refractivity contribution < 1.29 is 27.8 Å². The van der Waals surface area contributed by atoms with E-state index in [0.29, 0.717) is 11.4 Å². The summed E-state index contributed by atoms with van der Waals surface area (Å²) in [4.78, 5) is 20.9. The number of rotatable bonds is 10. The van der Waals surface area contributed by atoms with Crippen molar-refractivity contribution >= 4 is 16.9 Å². The van der Waals surface area contributed by atoms with Gasteiger partial charge in [0.1, 0.15) is 23.2 Å². The SMILES string of the molecule is CC(C)C[C@H](COCC(=O)c1cnc2cc(C3(C(F)(F)F)CC3)n(C)c2n1)[C@@H](N)CO. The van der Waals surface area contributed by atoms with Gasteiger partial charge in [0.25, 0.3) is 0 Å². The largest absolute Gasteiger partial charge is 0.399 e. The van der Waals surface area contributed by atoms with Gasteiger partial charge >= 0.3 is 6.18 Å². The minimum atomic E-state index is -4.34. The predicted molar refractivity (Wildman–Crippen MR) is 109 cm³/mol. The lowest BCUT2D eigenvalue weighted by molar-refractivity contribution is -0.162. The van der Waals surface area contributed by atoms with Crippen molar-refractivity contribution in [2.24, 2.45) is 24.6 Å². The number of hydrogen-bond donors (Lipinski definition) is 2. The molecule has 10 heteroatoms. The summed E-state index contributed by atoms with van der Waals surface area (Å²) in [5.41, 5.74) is 4.77. The number of carbonyl (C=O) groups is 1. The van der Waals surface area contributed by atoms with Crippen LogP contribution in [0.5, 0.6) is 0 Å². The number of aliphatic hydroxyl groups is 1. The minimum absolute atomic E-state index is 0.0315. The van der Waals surface area contributed by atoms with Gasteiger partial charge in [-0.05, 0) is 37.2 Å². The summed E-state index contributed by atoms with van der Waals surface area (Å²) in [6, 6.07) is 0.958. The summed E-state index contributed by atoms with van der Waals surface area (Å²) in [6.45, 7) is 3.85. The van der Waals surface area contributed by atoms with Crippen LogP contribution in [-0.4, -0.2) is 57.5 Å². The Kier molecular flexibility index (Phi) is 6.73. The first kappa shape index (κ1) is 23.6. The maximum absolute atomic E-state index is 13.5. The number of carbonyl (C=O) groups excluding carboxylic acids is 1. The average Bonchev–Trinajstić information content (AvgIpc) is 3.46. The highest BCUT2D eigenvalue weighted by Gasteiger charge is 2.65. The second-order valence-electron chi connectivity index (χ2n) is 8.81. The molecule has 0 aromatic carbocycles. The van der Waals surface area contributed by atoms with Crippen LogP contribution in [0.15, 0.2) is 12.3 Å². The van der Waals surface area contributed by atoms with E-state index in [9.17, 15) is 23.1 Å². The van der Waals surface area contributed by atoms with Crippen LogP contribution in [0.2, 0.25) is 0 Å². The fourth-order valence-electron chi connectivity index (χ4n) is 3.98. The lowest BCUT2D eigenvalue weighted by atomic mass is 9.92. The monoisotopic (exact) mass is 442 g/mol. The van der Waals surface area contributed by atoms with Gasteiger partial charge in [0.2, 0.25) is 5.78 Å². The Morgan fingerprint density at radius 1 is 1.39 bits per heavy atom. The zero-order valence-electron chi connectivity index (χ0n) is 17.9. The van der Waals surface area contributed by atoms with Crippen LogP contribution in [0, 0.1) is 11.8 Å². The van der Waals surface area contributed by atoms with Gasteiger partial charge in [0.15, 0.2) is 5.65 Å². The molecule has 0 unspecified atom stereocenters. The van der Waals surface area contributed by atoms with Crippen molar-refractivity contribution in [3.8, 4) is 0 Å². The molecular weight excluding hydrogens is 413 g/mol. The van der Waals surface area contributed by atoms with E-state index in [1.54, 1.807) is 0 Å². The molecule has 0 saturated heterocycles. The number of alkyl halides is 3. The molecule has 0 spiro atoms. The fraction of sp³-hybridized carbons (Fsp3) is 0.667. The Morgan fingerprint density at radius 2 is 2.06 bits per heavy atom. The van der Waals surface area contributed by atoms with Gasteiger partial charge in [-0.15, -0.1) is 0 Å². The van der Waals surface area contributed by atoms with Crippen molar-refractivity contribution in [2.45, 2.75) is 50.7 Å². The molecule has 2 heterocycles. The van der Waals surface area contributed by atoms with Gasteiger partial charge in [0, 0.05) is 18.8 Å². The Hall–Kier alpha value is -2.04. The van der Waals surface area contributed by atoms with E-state index in [1.807, 2.05) is 13.8 Å². The third kappa shape index (κ3) is 4.75. The summed E-state index contributed by atoms with van der Waals surface area (Å²) in [5.74, 6) is -0.165. The number of halogens is 3. The smallest absolute Gasteiger partial charge is 0.395 e. The molecule has 172 valence electrons. The Balaban J connectivity index is 1.72. The molecule has 2 atom stereocenters. The second-order valence-corrected chi connectivity index (χ2v) is 8.81. The molecule has 0 aliphatic heterocycles. The number of aliphatic hydroxyl groups excluding tert-OH is 1. The Morgan fingerprint density at radius 3 is 2.61 bits per heavy atom. The van der Waals surface area contributed by atoms with E-state index in [0.717, 1.165) is 6.42 Å². The molecular formula is C21H29F3N4O3. The Labute approximate surface area is 178 Å². The van der Waals surface area contributed by atoms with Crippen molar-refractivity contribution in [1.82, 2.24) is 14.5 Å². The van der Waals surface area contributed by atoms with E-state index in [2.05, 4.69) is 9.97 Å². The summed E-state index contributed by atoms with van der Waals surface area (Å²) in [5, 5.41) is 9.31. The number of fused-ring (bicyclic) bond motifs is 1. The number of Topliss-reactive ketones (excluding diaryl/α,β-unsaturated/α-hetero) is 1. The van der Waals surface area contributed by atoms with E-state index >= 15 is 0 Å². The third-order valence-electron chi connectivity index (χ3n) is 5.96. The number of aromatic nitrogens is 3. The van der Waals surface area contributed by atoms with Crippen LogP contribution in [0.3, 0.4) is 0 Å². The maximum atomic E-state index is 13.5. The molecule has 31 heavy (non-hydrogen) atoms. The lowest BCUT2D eigenvalue weighted by Gasteiger charge is -2.23. The molecule has 7 nitrogen and oxygen atoms in total. The van der Waals surface area contributed by atoms with Gasteiger partial charge in [-0.2, -0.15) is 13.2 Å². The molecule has 1 saturated carbocycles. The molecule has 2 aromatic rings. The van der Waals surface area contributed by atoms with E-state index in [1.165, 1.54) is 23.9 Å². The molecule has 3 N–H and O–H groups in total. The van der Waals surface area contributed by atoms with Crippen molar-refractivity contribution in [3.63, 3.8) is 0 Å². The number of hydrogen-bond acceptors (Lipinski definition) is 6. The van der Waals surface area contributed by atoms with Crippen LogP contribution >= 0.6 is 0 Å². The lowest BCUT2D eigenvalue weighted by Crippen LogP contribution is -2.37. The summed E-state index contributed by atoms with van der Waals surface area (Å²) >= 11 is 0. The molecule has 0 amide bonds. The topological polar surface area (TPSA) is 103 Å². The average molecular weight is 442 g/mol. The number of ketones is 1. The van der Waals surface area contributed by atoms with E-state index in [4.69, 9.17) is 10.5 Å². The van der Waals surface area contributed by atoms with Gasteiger partial charge < -0.3 is 20.1 Å². The zero-order chi connectivity index (χ0) is 23.0. The molecule has 1 aliphatic carbocycles. The van der Waals surface area contributed by atoms with E-state index in [-0.39, 0.29) is 55.6 Å². The van der Waals surface area contributed by atoms with Crippen LogP contribution < -0.4 is 5.73 Å². The quantitative estimate of drug-likeness (QED) is 0.549. The zero-order valence-corrected chi connectivity index (χ0v) is 17.9. The molecule has 0 radical (unpaired) electrons. The number of nitrogens with two attached hydrogens (primary N) is 1. The van der Waals surface area contributed by atoms with Crippen LogP contribution in [-0.2, 0) is 17.2 Å². The maximum Gasteiger partial charge on any atom is 0.399 e. The molecule has 3 rings (SSSR count). The summed E-state index contributed by atoms with van der Waals surface area (Å²) < 4.78 is 47.4. The first-order valence-electron chi connectivity index (χ1n) is 10.4. The standard InChI is InChI=1S/C21H29F3N4O3/c1-12(2)6-13(14(25)9-29)10-31-11-17(30)16-8-26-15-7-18(28(3)19(15)27-16)20(4-5-20)21(22,23)24/h7-8,12-14,29H,4-6,9-11,25H2,1-3H3/t13-,14+/m1/s1. The van der Waals surface area contributed by atoms with E-state index < -0.39 is 23.4 Å². The van der Waals surface area contributed by atoms with Crippen molar-refractivity contribution in [3.05, 3.63) is 23.7 Å². The fourth-order valence-corrected chi connectivity index (χ4v) is 3.98. The second kappa shape index (κ2) is 8.84. The van der Waals surface area contributed by atoms with Gasteiger partial charge in [0.05, 0.1) is 19.4 Å². The van der Waals surface area contributed by atoms with Crippen LogP contribution in [0.25, 0.3) is 11.2 Å². The third-order valence-corrected chi connectivity index (χ3v) is 5.96. The highest BCUT2D eigenvalue weighted by molar-refractivity contribution is 5.96. The molecule has 0 bridgehead atoms. The Bertz CT molecular complexity index is 938. The molecule has 1 fully saturated rings. The first-order valence-corrected chi connectivity index (χ1v) is 10.4. The minimum Gasteiger partial charge on any atom is -0.395 e. The van der Waals surface area contributed by atoms with Gasteiger partial charge in [-0.3, -0.25) is 9.78 Å². The first-order chi connectivity index (χ1) is 14.5. The van der Waals surface area contributed by atoms with Crippen molar-refractivity contribution in [1.29, 1.82) is 0 Å². The van der Waals surface area contributed by atoms with Crippen LogP contribution in [0.1, 0.15) is 49.3 Å². The normalized spacial score (nSPS) is 17.8.